The van der Waals surface area contributed by atoms with E-state index < -0.39 is 10.7 Å². The van der Waals surface area contributed by atoms with Crippen molar-refractivity contribution in [1.29, 1.82) is 4.78 Å². The van der Waals surface area contributed by atoms with Crippen LogP contribution in [0.2, 0.25) is 0 Å². The van der Waals surface area contributed by atoms with Crippen LogP contribution in [0.15, 0.2) is 58.3 Å². The van der Waals surface area contributed by atoms with Crippen molar-refractivity contribution in [3.8, 4) is 0 Å². The zero-order valence-electron chi connectivity index (χ0n) is 9.88. The molecule has 0 atom stereocenters. The fourth-order valence-electron chi connectivity index (χ4n) is 2.22. The van der Waals surface area contributed by atoms with Gasteiger partial charge in [-0.25, -0.2) is 0 Å². The first kappa shape index (κ1) is 11.2. The minimum Gasteiger partial charge on any atom is -0.279 e. The highest BCUT2D eigenvalue weighted by Gasteiger charge is 2.27. The van der Waals surface area contributed by atoms with Crippen LogP contribution in [0.5, 0.6) is 0 Å². The Morgan fingerprint density at radius 1 is 1.00 bits per heavy atom. The summed E-state index contributed by atoms with van der Waals surface area (Å²) in [4.78, 5) is 15.4. The number of para-hydroxylation sites is 2. The van der Waals surface area contributed by atoms with Crippen LogP contribution in [0.1, 0.15) is 6.92 Å². The first-order valence-corrected chi connectivity index (χ1v) is 6.87. The summed E-state index contributed by atoms with van der Waals surface area (Å²) < 4.78 is 8.36. The number of amides is 1. The lowest BCUT2D eigenvalue weighted by Crippen LogP contribution is -2.27. The van der Waals surface area contributed by atoms with Crippen LogP contribution in [0.25, 0.3) is 0 Å². The van der Waals surface area contributed by atoms with Crippen molar-refractivity contribution in [3.63, 3.8) is 0 Å². The van der Waals surface area contributed by atoms with E-state index in [2.05, 4.69) is 0 Å². The van der Waals surface area contributed by atoms with Gasteiger partial charge in [-0.05, 0) is 35.0 Å². The topological polar surface area (TPSA) is 44.2 Å². The zero-order valence-corrected chi connectivity index (χ0v) is 10.7. The van der Waals surface area contributed by atoms with E-state index in [1.165, 1.54) is 0 Å². The van der Waals surface area contributed by atoms with E-state index in [-0.39, 0.29) is 5.91 Å². The predicted molar refractivity (Wildman–Crippen MR) is 72.3 cm³/mol. The third-order valence-electron chi connectivity index (χ3n) is 2.97. The average molecular weight is 256 g/mol. The Morgan fingerprint density at radius 2 is 1.44 bits per heavy atom. The highest BCUT2D eigenvalue weighted by atomic mass is 32.2. The first-order valence-electron chi connectivity index (χ1n) is 5.64. The Hall–Kier alpha value is -1.94. The van der Waals surface area contributed by atoms with Gasteiger partial charge in [-0.3, -0.25) is 14.5 Å². The second-order valence-corrected chi connectivity index (χ2v) is 5.59. The van der Waals surface area contributed by atoms with E-state index in [4.69, 9.17) is 4.78 Å². The standard InChI is InChI=1S/C14H12N2OS/c1-10(17)16-11-6-2-4-8-13(11)18(15)14-9-5-3-7-12(14)16/h2-9,15H,1H3. The van der Waals surface area contributed by atoms with Crippen LogP contribution in [0, 0.1) is 4.78 Å². The average Bonchev–Trinajstić information content (AvgIpc) is 2.39. The number of anilines is 2. The number of nitrogens with one attached hydrogen (secondary N) is 1. The van der Waals surface area contributed by atoms with Crippen molar-refractivity contribution in [2.24, 2.45) is 0 Å². The summed E-state index contributed by atoms with van der Waals surface area (Å²) in [6.45, 7) is 1.56. The lowest BCUT2D eigenvalue weighted by Gasteiger charge is -2.31. The molecule has 0 saturated heterocycles. The predicted octanol–water partition coefficient (Wildman–Crippen LogP) is 3.48. The summed E-state index contributed by atoms with van der Waals surface area (Å²) in [5, 5.41) is 0. The number of carbonyl (C=O) groups is 1. The first-order chi connectivity index (χ1) is 8.70. The summed E-state index contributed by atoms with van der Waals surface area (Å²) in [6, 6.07) is 15.3. The van der Waals surface area contributed by atoms with Crippen molar-refractivity contribution < 1.29 is 4.79 Å². The molecule has 0 aliphatic carbocycles. The van der Waals surface area contributed by atoms with Gasteiger partial charge in [0.05, 0.1) is 11.4 Å². The molecule has 4 heteroatoms. The third kappa shape index (κ3) is 1.49. The second kappa shape index (κ2) is 4.07. The van der Waals surface area contributed by atoms with Gasteiger partial charge in [-0.1, -0.05) is 24.3 Å². The number of hydrogen-bond donors (Lipinski definition) is 1. The lowest BCUT2D eigenvalue weighted by molar-refractivity contribution is -0.115. The SMILES string of the molecule is CC(=O)N1c2ccccc2S(=N)c2ccccc21. The molecule has 0 fully saturated rings. The quantitative estimate of drug-likeness (QED) is 0.770. The fraction of sp³-hybridized carbons (Fsp3) is 0.0714. The molecule has 2 aromatic carbocycles. The highest BCUT2D eigenvalue weighted by molar-refractivity contribution is 7.86. The van der Waals surface area contributed by atoms with Crippen molar-refractivity contribution in [1.82, 2.24) is 0 Å². The van der Waals surface area contributed by atoms with E-state index in [9.17, 15) is 4.79 Å². The molecule has 1 aliphatic heterocycles. The molecule has 0 spiro atoms. The highest BCUT2D eigenvalue weighted by Crippen LogP contribution is 2.41. The summed E-state index contributed by atoms with van der Waals surface area (Å²) in [5.74, 6) is -0.0217. The maximum atomic E-state index is 11.9. The maximum absolute atomic E-state index is 11.9. The number of carbonyl (C=O) groups excluding carboxylic acids is 1. The molecular formula is C14H12N2OS. The minimum atomic E-state index is -0.721. The van der Waals surface area contributed by atoms with Crippen LogP contribution in [-0.2, 0) is 15.5 Å². The molecule has 1 aliphatic rings. The van der Waals surface area contributed by atoms with Gasteiger partial charge < -0.3 is 0 Å². The number of fused-ring (bicyclic) bond motifs is 2. The molecule has 1 heterocycles. The van der Waals surface area contributed by atoms with Crippen LogP contribution in [-0.4, -0.2) is 5.91 Å². The molecule has 3 rings (SSSR count). The second-order valence-electron chi connectivity index (χ2n) is 4.10. The molecule has 0 saturated carbocycles. The van der Waals surface area contributed by atoms with Crippen molar-refractivity contribution in [2.75, 3.05) is 4.90 Å². The summed E-state index contributed by atoms with van der Waals surface area (Å²) in [7, 11) is -0.721. The van der Waals surface area contributed by atoms with E-state index in [0.29, 0.717) is 0 Å². The molecule has 0 aromatic heterocycles. The lowest BCUT2D eigenvalue weighted by atomic mass is 10.2. The third-order valence-corrected chi connectivity index (χ3v) is 4.54. The Balaban J connectivity index is 2.33. The van der Waals surface area contributed by atoms with Gasteiger partial charge in [0.1, 0.15) is 0 Å². The van der Waals surface area contributed by atoms with Gasteiger partial charge in [-0.2, -0.15) is 0 Å². The fourth-order valence-corrected chi connectivity index (χ4v) is 3.62. The Morgan fingerprint density at radius 3 is 1.89 bits per heavy atom. The summed E-state index contributed by atoms with van der Waals surface area (Å²) in [6.07, 6.45) is 0. The Bertz CT molecular complexity index is 617. The molecular weight excluding hydrogens is 244 g/mol. The summed E-state index contributed by atoms with van der Waals surface area (Å²) in [5.41, 5.74) is 1.67. The van der Waals surface area contributed by atoms with Gasteiger partial charge >= 0.3 is 0 Å². The molecule has 1 N–H and O–H groups in total. The molecule has 0 radical (unpaired) electrons. The number of hydrogen-bond acceptors (Lipinski definition) is 2. The molecule has 0 bridgehead atoms. The van der Waals surface area contributed by atoms with Crippen molar-refractivity contribution in [2.45, 2.75) is 16.7 Å². The van der Waals surface area contributed by atoms with Crippen LogP contribution in [0.3, 0.4) is 0 Å². The molecule has 2 aromatic rings. The summed E-state index contributed by atoms with van der Waals surface area (Å²) >= 11 is 0. The van der Waals surface area contributed by atoms with Crippen molar-refractivity contribution in [3.05, 3.63) is 48.5 Å². The van der Waals surface area contributed by atoms with E-state index >= 15 is 0 Å². The van der Waals surface area contributed by atoms with Gasteiger partial charge in [-0.15, -0.1) is 0 Å². The Kier molecular flexibility index (Phi) is 2.52. The van der Waals surface area contributed by atoms with Gasteiger partial charge in [0.25, 0.3) is 0 Å². The number of benzene rings is 2. The molecule has 3 nitrogen and oxygen atoms in total. The monoisotopic (exact) mass is 256 g/mol. The van der Waals surface area contributed by atoms with Gasteiger partial charge in [0.15, 0.2) is 0 Å². The van der Waals surface area contributed by atoms with E-state index in [0.717, 1.165) is 21.2 Å². The molecule has 18 heavy (non-hydrogen) atoms. The van der Waals surface area contributed by atoms with Gasteiger partial charge in [0.2, 0.25) is 5.91 Å². The van der Waals surface area contributed by atoms with Crippen LogP contribution in [0.4, 0.5) is 11.4 Å². The van der Waals surface area contributed by atoms with Crippen LogP contribution >= 0.6 is 0 Å². The molecule has 1 amide bonds. The smallest absolute Gasteiger partial charge is 0.228 e. The number of nitrogens with zero attached hydrogens (tertiary/aromatic N) is 1. The Labute approximate surface area is 108 Å². The normalized spacial score (nSPS) is 13.9. The molecule has 90 valence electrons. The minimum absolute atomic E-state index is 0.0217. The van der Waals surface area contributed by atoms with Crippen LogP contribution < -0.4 is 4.90 Å². The van der Waals surface area contributed by atoms with E-state index in [1.54, 1.807) is 11.8 Å². The largest absolute Gasteiger partial charge is 0.279 e. The number of rotatable bonds is 0. The zero-order chi connectivity index (χ0) is 12.7. The maximum Gasteiger partial charge on any atom is 0.228 e. The molecule has 0 unspecified atom stereocenters. The van der Waals surface area contributed by atoms with Crippen molar-refractivity contribution >= 4 is 28.0 Å². The van der Waals surface area contributed by atoms with Gasteiger partial charge in [0, 0.05) is 16.7 Å². The van der Waals surface area contributed by atoms with E-state index in [1.807, 2.05) is 48.5 Å².